The molecule has 0 saturated heterocycles. The highest BCUT2D eigenvalue weighted by Gasteiger charge is 2.56. The Morgan fingerprint density at radius 3 is 3.13 bits per heavy atom. The van der Waals surface area contributed by atoms with Gasteiger partial charge in [-0.25, -0.2) is 0 Å². The van der Waals surface area contributed by atoms with Gasteiger partial charge in [-0.2, -0.15) is 0 Å². The number of aromatic nitrogens is 1. The van der Waals surface area contributed by atoms with Crippen molar-refractivity contribution >= 4 is 15.9 Å². The zero-order valence-electron chi connectivity index (χ0n) is 8.67. The average molecular weight is 267 g/mol. The van der Waals surface area contributed by atoms with Gasteiger partial charge in [-0.15, -0.1) is 0 Å². The van der Waals surface area contributed by atoms with Gasteiger partial charge in [0.15, 0.2) is 0 Å². The van der Waals surface area contributed by atoms with Gasteiger partial charge in [-0.05, 0) is 52.7 Å². The van der Waals surface area contributed by atoms with Crippen LogP contribution in [0.3, 0.4) is 0 Å². The maximum absolute atomic E-state index is 4.18. The summed E-state index contributed by atoms with van der Waals surface area (Å²) in [5.41, 5.74) is 1.79. The van der Waals surface area contributed by atoms with E-state index in [9.17, 15) is 0 Å². The van der Waals surface area contributed by atoms with Gasteiger partial charge in [0, 0.05) is 29.0 Å². The van der Waals surface area contributed by atoms with Crippen LogP contribution in [-0.2, 0) is 6.54 Å². The molecule has 1 N–H and O–H groups in total. The molecule has 0 aliphatic heterocycles. The van der Waals surface area contributed by atoms with Crippen molar-refractivity contribution in [2.45, 2.75) is 37.8 Å². The Balaban J connectivity index is 1.62. The Kier molecular flexibility index (Phi) is 2.33. The molecule has 1 aromatic rings. The molecule has 0 spiro atoms. The van der Waals surface area contributed by atoms with Crippen LogP contribution >= 0.6 is 15.9 Å². The van der Waals surface area contributed by atoms with E-state index in [4.69, 9.17) is 0 Å². The number of nitrogens with zero attached hydrogens (tertiary/aromatic N) is 1. The predicted octanol–water partition coefficient (Wildman–Crippen LogP) is 2.88. The first-order chi connectivity index (χ1) is 7.28. The normalized spacial score (nSPS) is 32.7. The lowest BCUT2D eigenvalue weighted by Gasteiger charge is -2.14. The fraction of sp³-hybridized carbons (Fsp3) is 0.583. The van der Waals surface area contributed by atoms with Crippen molar-refractivity contribution in [1.29, 1.82) is 0 Å². The smallest absolute Gasteiger partial charge is 0.0410 e. The number of halogens is 1. The van der Waals surface area contributed by atoms with Crippen LogP contribution in [0.15, 0.2) is 22.9 Å². The maximum atomic E-state index is 4.18. The predicted molar refractivity (Wildman–Crippen MR) is 63.5 cm³/mol. The topological polar surface area (TPSA) is 24.9 Å². The number of hydrogen-bond acceptors (Lipinski definition) is 2. The first-order valence-corrected chi connectivity index (χ1v) is 6.42. The van der Waals surface area contributed by atoms with Crippen molar-refractivity contribution < 1.29 is 0 Å². The van der Waals surface area contributed by atoms with Gasteiger partial charge in [0.1, 0.15) is 0 Å². The summed E-state index contributed by atoms with van der Waals surface area (Å²) in [6.45, 7) is 0.961. The third-order valence-electron chi connectivity index (χ3n) is 3.81. The van der Waals surface area contributed by atoms with Crippen molar-refractivity contribution in [3.05, 3.63) is 28.5 Å². The number of hydrogen-bond donors (Lipinski definition) is 1. The Hall–Kier alpha value is -0.410. The molecule has 0 unspecified atom stereocenters. The molecular weight excluding hydrogens is 252 g/mol. The van der Waals surface area contributed by atoms with E-state index in [0.717, 1.165) is 16.9 Å². The average Bonchev–Trinajstić information content (AvgIpc) is 2.79. The number of pyridine rings is 1. The fourth-order valence-corrected chi connectivity index (χ4v) is 3.28. The van der Waals surface area contributed by atoms with Crippen molar-refractivity contribution in [2.24, 2.45) is 5.92 Å². The first-order valence-electron chi connectivity index (χ1n) is 5.63. The SMILES string of the molecule is Brc1cncc(CN[C@@]23CCC[C@@H]2C3)c1. The minimum Gasteiger partial charge on any atom is -0.307 e. The maximum Gasteiger partial charge on any atom is 0.0410 e. The van der Waals surface area contributed by atoms with Gasteiger partial charge in [0.2, 0.25) is 0 Å². The molecule has 2 saturated carbocycles. The molecule has 0 aromatic carbocycles. The highest BCUT2D eigenvalue weighted by atomic mass is 79.9. The largest absolute Gasteiger partial charge is 0.307 e. The third kappa shape index (κ3) is 1.83. The summed E-state index contributed by atoms with van der Waals surface area (Å²) in [5.74, 6) is 0.970. The molecule has 1 aromatic heterocycles. The highest BCUT2D eigenvalue weighted by Crippen LogP contribution is 2.55. The van der Waals surface area contributed by atoms with Gasteiger partial charge in [-0.3, -0.25) is 4.98 Å². The van der Waals surface area contributed by atoms with Crippen LogP contribution in [0.1, 0.15) is 31.2 Å². The second-order valence-electron chi connectivity index (χ2n) is 4.81. The van der Waals surface area contributed by atoms with E-state index in [2.05, 4.69) is 32.3 Å². The van der Waals surface area contributed by atoms with Crippen molar-refractivity contribution in [1.82, 2.24) is 10.3 Å². The van der Waals surface area contributed by atoms with Crippen LogP contribution < -0.4 is 5.32 Å². The molecule has 1 heterocycles. The molecule has 80 valence electrons. The van der Waals surface area contributed by atoms with Gasteiger partial charge in [0.25, 0.3) is 0 Å². The molecule has 2 nitrogen and oxygen atoms in total. The van der Waals surface area contributed by atoms with Crippen molar-refractivity contribution in [2.75, 3.05) is 0 Å². The quantitative estimate of drug-likeness (QED) is 0.910. The highest BCUT2D eigenvalue weighted by molar-refractivity contribution is 9.10. The standard InChI is InChI=1S/C12H15BrN2/c13-11-4-9(6-14-8-11)7-15-12-3-1-2-10(12)5-12/h4,6,8,10,15H,1-3,5,7H2/t10-,12-/m1/s1. The fourth-order valence-electron chi connectivity index (χ4n) is 2.86. The van der Waals surface area contributed by atoms with E-state index in [1.54, 1.807) is 0 Å². The number of rotatable bonds is 3. The second-order valence-corrected chi connectivity index (χ2v) is 5.73. The Bertz CT molecular complexity index is 380. The Labute approximate surface area is 98.6 Å². The van der Waals surface area contributed by atoms with E-state index in [-0.39, 0.29) is 0 Å². The van der Waals surface area contributed by atoms with Crippen LogP contribution in [0, 0.1) is 5.92 Å². The van der Waals surface area contributed by atoms with Crippen LogP contribution in [0.5, 0.6) is 0 Å². The molecule has 0 radical (unpaired) electrons. The summed E-state index contributed by atoms with van der Waals surface area (Å²) in [6.07, 6.45) is 9.39. The van der Waals surface area contributed by atoms with E-state index >= 15 is 0 Å². The van der Waals surface area contributed by atoms with Gasteiger partial charge in [0.05, 0.1) is 0 Å². The molecule has 2 atom stereocenters. The summed E-state index contributed by atoms with van der Waals surface area (Å²) in [5, 5.41) is 3.71. The molecule has 3 heteroatoms. The lowest BCUT2D eigenvalue weighted by atomic mass is 10.2. The minimum absolute atomic E-state index is 0.516. The Morgan fingerprint density at radius 1 is 1.53 bits per heavy atom. The molecule has 0 amide bonds. The summed E-state index contributed by atoms with van der Waals surface area (Å²) < 4.78 is 1.07. The van der Waals surface area contributed by atoms with Gasteiger partial charge >= 0.3 is 0 Å². The molecule has 2 fully saturated rings. The molecule has 15 heavy (non-hydrogen) atoms. The van der Waals surface area contributed by atoms with E-state index < -0.39 is 0 Å². The zero-order valence-corrected chi connectivity index (χ0v) is 10.3. The van der Waals surface area contributed by atoms with E-state index in [0.29, 0.717) is 5.54 Å². The monoisotopic (exact) mass is 266 g/mol. The third-order valence-corrected chi connectivity index (χ3v) is 4.25. The first kappa shape index (κ1) is 9.79. The molecule has 2 aliphatic carbocycles. The summed E-state index contributed by atoms with van der Waals surface area (Å²) >= 11 is 3.45. The van der Waals surface area contributed by atoms with Crippen LogP contribution in [-0.4, -0.2) is 10.5 Å². The molecule has 3 rings (SSSR count). The van der Waals surface area contributed by atoms with Gasteiger partial charge in [-0.1, -0.05) is 6.42 Å². The zero-order chi connectivity index (χ0) is 10.3. The van der Waals surface area contributed by atoms with E-state index in [1.165, 1.54) is 31.2 Å². The summed E-state index contributed by atoms with van der Waals surface area (Å²) in [4.78, 5) is 4.18. The molecular formula is C12H15BrN2. The Morgan fingerprint density at radius 2 is 2.47 bits per heavy atom. The minimum atomic E-state index is 0.516. The lowest BCUT2D eigenvalue weighted by molar-refractivity contribution is 0.478. The second kappa shape index (κ2) is 3.56. The number of fused-ring (bicyclic) bond motifs is 1. The summed E-state index contributed by atoms with van der Waals surface area (Å²) in [6, 6.07) is 2.14. The van der Waals surface area contributed by atoms with Crippen molar-refractivity contribution in [3.8, 4) is 0 Å². The van der Waals surface area contributed by atoms with E-state index in [1.807, 2.05) is 12.4 Å². The summed E-state index contributed by atoms with van der Waals surface area (Å²) in [7, 11) is 0. The number of nitrogens with one attached hydrogen (secondary N) is 1. The lowest BCUT2D eigenvalue weighted by Crippen LogP contribution is -2.30. The van der Waals surface area contributed by atoms with Crippen LogP contribution in [0.25, 0.3) is 0 Å². The molecule has 2 aliphatic rings. The molecule has 0 bridgehead atoms. The van der Waals surface area contributed by atoms with Crippen LogP contribution in [0.2, 0.25) is 0 Å². The van der Waals surface area contributed by atoms with Gasteiger partial charge < -0.3 is 5.32 Å². The van der Waals surface area contributed by atoms with Crippen molar-refractivity contribution in [3.63, 3.8) is 0 Å². The van der Waals surface area contributed by atoms with Crippen LogP contribution in [0.4, 0.5) is 0 Å².